The molecule has 1 aliphatic heterocycles. The van der Waals surface area contributed by atoms with Crippen LogP contribution in [0.5, 0.6) is 5.75 Å². The Morgan fingerprint density at radius 2 is 1.92 bits per heavy atom. The Kier molecular flexibility index (Phi) is 5.33. The third-order valence-corrected chi connectivity index (χ3v) is 4.13. The number of likely N-dealkylation sites (tertiary alicyclic amines) is 1. The van der Waals surface area contributed by atoms with Crippen LogP contribution in [0.2, 0.25) is 0 Å². The largest absolute Gasteiger partial charge is 0.487 e. The number of hydrogen-bond acceptors (Lipinski definition) is 3. The van der Waals surface area contributed by atoms with Crippen LogP contribution in [0.4, 0.5) is 10.5 Å². The number of nitrogens with zero attached hydrogens (tertiary/aromatic N) is 1. The molecule has 3 rings (SSSR count). The minimum Gasteiger partial charge on any atom is -0.487 e. The van der Waals surface area contributed by atoms with Crippen molar-refractivity contribution in [1.82, 2.24) is 4.90 Å². The number of benzene rings is 2. The number of amides is 2. The first-order chi connectivity index (χ1) is 11.8. The number of rotatable bonds is 5. The second-order valence-corrected chi connectivity index (χ2v) is 5.79. The molecule has 1 fully saturated rings. The van der Waals surface area contributed by atoms with E-state index in [9.17, 15) is 4.79 Å². The van der Waals surface area contributed by atoms with Crippen molar-refractivity contribution in [1.29, 1.82) is 0 Å². The lowest BCUT2D eigenvalue weighted by molar-refractivity contribution is 0.111. The number of carbonyl (C=O) groups excluding carboxylic acids is 1. The number of methoxy groups -OCH3 is 1. The number of nitrogens with one attached hydrogen (secondary N) is 1. The van der Waals surface area contributed by atoms with Crippen LogP contribution in [0.15, 0.2) is 54.6 Å². The van der Waals surface area contributed by atoms with Gasteiger partial charge in [0, 0.05) is 20.2 Å². The van der Waals surface area contributed by atoms with Gasteiger partial charge in [0.1, 0.15) is 12.4 Å². The lowest BCUT2D eigenvalue weighted by atomic mass is 10.2. The molecule has 0 aromatic heterocycles. The van der Waals surface area contributed by atoms with Crippen LogP contribution < -0.4 is 10.1 Å². The average molecular weight is 326 g/mol. The molecule has 0 spiro atoms. The lowest BCUT2D eigenvalue weighted by Crippen LogP contribution is -2.34. The zero-order chi connectivity index (χ0) is 16.8. The standard InChI is InChI=1S/C19H22N2O3/c1-23-16-11-12-21(13-16)19(22)20-17-9-5-6-10-18(17)24-14-15-7-3-2-4-8-15/h2-10,16H,11-14H2,1H3,(H,20,22). The van der Waals surface area contributed by atoms with Crippen LogP contribution in [0.1, 0.15) is 12.0 Å². The molecule has 0 saturated carbocycles. The van der Waals surface area contributed by atoms with Gasteiger partial charge in [0.05, 0.1) is 11.8 Å². The van der Waals surface area contributed by atoms with Crippen LogP contribution in [-0.4, -0.2) is 37.2 Å². The van der Waals surface area contributed by atoms with Gasteiger partial charge in [-0.3, -0.25) is 0 Å². The highest BCUT2D eigenvalue weighted by Crippen LogP contribution is 2.25. The van der Waals surface area contributed by atoms with E-state index in [2.05, 4.69) is 5.32 Å². The smallest absolute Gasteiger partial charge is 0.322 e. The Bertz CT molecular complexity index is 675. The topological polar surface area (TPSA) is 50.8 Å². The predicted molar refractivity (Wildman–Crippen MR) is 93.2 cm³/mol. The fraction of sp³-hybridized carbons (Fsp3) is 0.316. The molecule has 5 heteroatoms. The van der Waals surface area contributed by atoms with Crippen molar-refractivity contribution in [3.63, 3.8) is 0 Å². The summed E-state index contributed by atoms with van der Waals surface area (Å²) in [6, 6.07) is 17.3. The molecular weight excluding hydrogens is 304 g/mol. The zero-order valence-corrected chi connectivity index (χ0v) is 13.8. The summed E-state index contributed by atoms with van der Waals surface area (Å²) >= 11 is 0. The van der Waals surface area contributed by atoms with E-state index in [0.29, 0.717) is 31.1 Å². The van der Waals surface area contributed by atoms with Gasteiger partial charge in [0.15, 0.2) is 0 Å². The summed E-state index contributed by atoms with van der Waals surface area (Å²) in [7, 11) is 1.68. The predicted octanol–water partition coefficient (Wildman–Crippen LogP) is 3.52. The van der Waals surface area contributed by atoms with Crippen molar-refractivity contribution >= 4 is 11.7 Å². The van der Waals surface area contributed by atoms with Crippen molar-refractivity contribution in [2.75, 3.05) is 25.5 Å². The van der Waals surface area contributed by atoms with Gasteiger partial charge < -0.3 is 19.7 Å². The maximum absolute atomic E-state index is 12.4. The minimum absolute atomic E-state index is 0.120. The summed E-state index contributed by atoms with van der Waals surface area (Å²) in [5, 5.41) is 2.94. The summed E-state index contributed by atoms with van der Waals surface area (Å²) in [6.07, 6.45) is 0.996. The van der Waals surface area contributed by atoms with E-state index in [1.807, 2.05) is 54.6 Å². The summed E-state index contributed by atoms with van der Waals surface area (Å²) < 4.78 is 11.2. The molecule has 1 N–H and O–H groups in total. The summed E-state index contributed by atoms with van der Waals surface area (Å²) in [6.45, 7) is 1.79. The number of para-hydroxylation sites is 2. The Hall–Kier alpha value is -2.53. The van der Waals surface area contributed by atoms with Gasteiger partial charge in [0.25, 0.3) is 0 Å². The maximum atomic E-state index is 12.4. The molecular formula is C19H22N2O3. The summed E-state index contributed by atoms with van der Waals surface area (Å²) in [4.78, 5) is 14.2. The number of hydrogen-bond donors (Lipinski definition) is 1. The van der Waals surface area contributed by atoms with Crippen LogP contribution in [0, 0.1) is 0 Å². The van der Waals surface area contributed by atoms with E-state index in [1.54, 1.807) is 12.0 Å². The maximum Gasteiger partial charge on any atom is 0.322 e. The first-order valence-electron chi connectivity index (χ1n) is 8.11. The van der Waals surface area contributed by atoms with E-state index in [4.69, 9.17) is 9.47 Å². The molecule has 2 aromatic rings. The molecule has 0 radical (unpaired) electrons. The van der Waals surface area contributed by atoms with E-state index in [1.165, 1.54) is 0 Å². The molecule has 24 heavy (non-hydrogen) atoms. The van der Waals surface area contributed by atoms with Crippen LogP contribution in [0.3, 0.4) is 0 Å². The Labute approximate surface area is 142 Å². The molecule has 1 saturated heterocycles. The number of anilines is 1. The molecule has 0 aliphatic carbocycles. The highest BCUT2D eigenvalue weighted by atomic mass is 16.5. The molecule has 2 amide bonds. The zero-order valence-electron chi connectivity index (χ0n) is 13.8. The van der Waals surface area contributed by atoms with Crippen LogP contribution in [0.25, 0.3) is 0 Å². The first kappa shape index (κ1) is 16.3. The molecule has 1 aliphatic rings. The van der Waals surface area contributed by atoms with Crippen molar-refractivity contribution < 1.29 is 14.3 Å². The first-order valence-corrected chi connectivity index (χ1v) is 8.11. The normalized spacial score (nSPS) is 16.9. The molecule has 2 aromatic carbocycles. The Balaban J connectivity index is 1.62. The van der Waals surface area contributed by atoms with Gasteiger partial charge >= 0.3 is 6.03 Å². The molecule has 126 valence electrons. The SMILES string of the molecule is COC1CCN(C(=O)Nc2ccccc2OCc2ccccc2)C1. The van der Waals surface area contributed by atoms with E-state index in [-0.39, 0.29) is 12.1 Å². The summed E-state index contributed by atoms with van der Waals surface area (Å²) in [5.41, 5.74) is 1.76. The summed E-state index contributed by atoms with van der Waals surface area (Å²) in [5.74, 6) is 0.664. The lowest BCUT2D eigenvalue weighted by Gasteiger charge is -2.18. The Morgan fingerprint density at radius 1 is 1.17 bits per heavy atom. The third kappa shape index (κ3) is 4.06. The van der Waals surface area contributed by atoms with Crippen molar-refractivity contribution in [3.05, 3.63) is 60.2 Å². The van der Waals surface area contributed by atoms with Gasteiger partial charge in [-0.15, -0.1) is 0 Å². The number of ether oxygens (including phenoxy) is 2. The monoisotopic (exact) mass is 326 g/mol. The molecule has 0 bridgehead atoms. The molecule has 1 heterocycles. The van der Waals surface area contributed by atoms with Gasteiger partial charge in [-0.1, -0.05) is 42.5 Å². The molecule has 5 nitrogen and oxygen atoms in total. The second kappa shape index (κ2) is 7.84. The van der Waals surface area contributed by atoms with E-state index >= 15 is 0 Å². The van der Waals surface area contributed by atoms with Gasteiger partial charge in [0.2, 0.25) is 0 Å². The number of carbonyl (C=O) groups is 1. The van der Waals surface area contributed by atoms with Crippen molar-refractivity contribution in [2.24, 2.45) is 0 Å². The van der Waals surface area contributed by atoms with E-state index in [0.717, 1.165) is 12.0 Å². The quantitative estimate of drug-likeness (QED) is 0.914. The average Bonchev–Trinajstić information content (AvgIpc) is 3.11. The molecule has 1 atom stereocenters. The van der Waals surface area contributed by atoms with Crippen molar-refractivity contribution in [3.8, 4) is 5.75 Å². The van der Waals surface area contributed by atoms with Gasteiger partial charge in [-0.05, 0) is 24.1 Å². The third-order valence-electron chi connectivity index (χ3n) is 4.13. The van der Waals surface area contributed by atoms with Crippen LogP contribution >= 0.6 is 0 Å². The second-order valence-electron chi connectivity index (χ2n) is 5.79. The van der Waals surface area contributed by atoms with Crippen LogP contribution in [-0.2, 0) is 11.3 Å². The van der Waals surface area contributed by atoms with E-state index < -0.39 is 0 Å². The fourth-order valence-corrected chi connectivity index (χ4v) is 2.73. The molecule has 1 unspecified atom stereocenters. The fourth-order valence-electron chi connectivity index (χ4n) is 2.73. The Morgan fingerprint density at radius 3 is 2.67 bits per heavy atom. The highest BCUT2D eigenvalue weighted by molar-refractivity contribution is 5.91. The number of urea groups is 1. The highest BCUT2D eigenvalue weighted by Gasteiger charge is 2.26. The van der Waals surface area contributed by atoms with Crippen molar-refractivity contribution in [2.45, 2.75) is 19.1 Å². The minimum atomic E-state index is -0.120. The van der Waals surface area contributed by atoms with Gasteiger partial charge in [-0.25, -0.2) is 4.79 Å². The van der Waals surface area contributed by atoms with Gasteiger partial charge in [-0.2, -0.15) is 0 Å².